The van der Waals surface area contributed by atoms with E-state index in [1.807, 2.05) is 0 Å². The molecule has 0 aliphatic rings. The molecular formula is C54H99NO5. The maximum atomic E-state index is 13.2. The summed E-state index contributed by atoms with van der Waals surface area (Å²) in [4.78, 5) is 26.1. The second-order valence-electron chi connectivity index (χ2n) is 17.5. The van der Waals surface area contributed by atoms with Crippen LogP contribution in [0, 0.1) is 0 Å². The quantitative estimate of drug-likeness (QED) is 0.0322. The predicted octanol–water partition coefficient (Wildman–Crippen LogP) is 15.5. The molecule has 0 saturated carbocycles. The molecule has 350 valence electrons. The minimum absolute atomic E-state index is 0.0623. The van der Waals surface area contributed by atoms with Gasteiger partial charge in [0.05, 0.1) is 25.2 Å². The smallest absolute Gasteiger partial charge is 0.306 e. The molecule has 0 fully saturated rings. The van der Waals surface area contributed by atoms with Crippen molar-refractivity contribution < 1.29 is 24.5 Å². The highest BCUT2D eigenvalue weighted by molar-refractivity contribution is 5.77. The highest BCUT2D eigenvalue weighted by Gasteiger charge is 2.24. The van der Waals surface area contributed by atoms with Crippen LogP contribution >= 0.6 is 0 Å². The van der Waals surface area contributed by atoms with Crippen LogP contribution in [0.15, 0.2) is 48.6 Å². The maximum absolute atomic E-state index is 13.2. The molecule has 0 rings (SSSR count). The molecule has 0 spiro atoms. The van der Waals surface area contributed by atoms with Crippen LogP contribution in [0.4, 0.5) is 0 Å². The normalized spacial score (nSPS) is 13.6. The molecule has 0 aromatic carbocycles. The lowest BCUT2D eigenvalue weighted by Gasteiger charge is -2.24. The molecule has 1 amide bonds. The Bertz CT molecular complexity index is 1040. The molecule has 0 aliphatic heterocycles. The van der Waals surface area contributed by atoms with Crippen LogP contribution in [0.5, 0.6) is 0 Å². The Morgan fingerprint density at radius 2 is 0.900 bits per heavy atom. The van der Waals surface area contributed by atoms with Gasteiger partial charge in [-0.3, -0.25) is 9.59 Å². The fourth-order valence-corrected chi connectivity index (χ4v) is 7.73. The SMILES string of the molecule is CC/C=C/C/C=C/C/C=C/CCCCCCCCC(=O)OC(CCCCC/C=C/CCCCCCCCC)CC(=O)NC(CO)C(O)CCCCCCCCCCCCC. The van der Waals surface area contributed by atoms with E-state index in [0.29, 0.717) is 19.3 Å². The Balaban J connectivity index is 4.61. The number of hydrogen-bond donors (Lipinski definition) is 3. The minimum atomic E-state index is -0.792. The van der Waals surface area contributed by atoms with E-state index in [2.05, 4.69) is 74.7 Å². The summed E-state index contributed by atoms with van der Waals surface area (Å²) in [5.41, 5.74) is 0. The predicted molar refractivity (Wildman–Crippen MR) is 259 cm³/mol. The molecule has 3 N–H and O–H groups in total. The van der Waals surface area contributed by atoms with Crippen molar-refractivity contribution in [2.45, 2.75) is 277 Å². The van der Waals surface area contributed by atoms with Crippen LogP contribution in [0.1, 0.15) is 258 Å². The molecular weight excluding hydrogens is 743 g/mol. The summed E-state index contributed by atoms with van der Waals surface area (Å²) in [6.07, 6.45) is 57.4. The number of ether oxygens (including phenoxy) is 1. The summed E-state index contributed by atoms with van der Waals surface area (Å²) in [5.74, 6) is -0.499. The van der Waals surface area contributed by atoms with Gasteiger partial charge < -0.3 is 20.3 Å². The highest BCUT2D eigenvalue weighted by atomic mass is 16.5. The second kappa shape index (κ2) is 47.9. The van der Waals surface area contributed by atoms with E-state index in [4.69, 9.17) is 4.74 Å². The molecule has 0 saturated heterocycles. The molecule has 0 heterocycles. The van der Waals surface area contributed by atoms with E-state index in [1.54, 1.807) is 0 Å². The summed E-state index contributed by atoms with van der Waals surface area (Å²) in [6, 6.07) is -0.707. The summed E-state index contributed by atoms with van der Waals surface area (Å²) in [6.45, 7) is 6.36. The molecule has 3 unspecified atom stereocenters. The van der Waals surface area contributed by atoms with Gasteiger partial charge >= 0.3 is 5.97 Å². The third-order valence-corrected chi connectivity index (χ3v) is 11.6. The van der Waals surface area contributed by atoms with E-state index in [1.165, 1.54) is 116 Å². The number of amides is 1. The summed E-state index contributed by atoms with van der Waals surface area (Å²) in [5, 5.41) is 23.7. The van der Waals surface area contributed by atoms with Gasteiger partial charge in [0.15, 0.2) is 0 Å². The van der Waals surface area contributed by atoms with Crippen molar-refractivity contribution in [3.63, 3.8) is 0 Å². The Kier molecular flexibility index (Phi) is 46.1. The summed E-state index contributed by atoms with van der Waals surface area (Å²) < 4.78 is 5.92. The van der Waals surface area contributed by atoms with Crippen molar-refractivity contribution in [2.24, 2.45) is 0 Å². The van der Waals surface area contributed by atoms with Crippen LogP contribution in [0.2, 0.25) is 0 Å². The number of carbonyl (C=O) groups excluding carboxylic acids is 2. The number of rotatable bonds is 46. The van der Waals surface area contributed by atoms with Gasteiger partial charge in [-0.05, 0) is 83.5 Å². The van der Waals surface area contributed by atoms with Gasteiger partial charge in [-0.25, -0.2) is 0 Å². The number of aliphatic hydroxyl groups excluding tert-OH is 2. The van der Waals surface area contributed by atoms with Gasteiger partial charge in [0.25, 0.3) is 0 Å². The highest BCUT2D eigenvalue weighted by Crippen LogP contribution is 2.17. The van der Waals surface area contributed by atoms with Crippen molar-refractivity contribution in [3.05, 3.63) is 48.6 Å². The number of hydrogen-bond acceptors (Lipinski definition) is 5. The largest absolute Gasteiger partial charge is 0.462 e. The first-order valence-corrected chi connectivity index (χ1v) is 25.9. The van der Waals surface area contributed by atoms with Gasteiger partial charge in [-0.1, -0.05) is 211 Å². The van der Waals surface area contributed by atoms with E-state index in [-0.39, 0.29) is 24.9 Å². The molecule has 60 heavy (non-hydrogen) atoms. The fraction of sp³-hybridized carbons (Fsp3) is 0.815. The standard InChI is InChI=1S/C54H99NO5/c1-4-7-10-13-16-19-22-24-26-27-29-32-35-38-41-44-47-54(59)60-50(45-42-39-36-33-31-28-25-23-20-17-14-11-8-5-2)48-53(58)55-51(49-56)52(57)46-43-40-37-34-30-21-18-15-12-9-6-3/h7,10,16,19,24,26,28,31,50-52,56-57H,4-6,8-9,11-15,17-18,20-23,25,27,29-30,32-49H2,1-3H3,(H,55,58)/b10-7+,19-16+,26-24+,31-28+. The van der Waals surface area contributed by atoms with Crippen LogP contribution in [-0.4, -0.2) is 46.9 Å². The molecule has 6 heteroatoms. The first-order valence-electron chi connectivity index (χ1n) is 25.9. The number of carbonyl (C=O) groups is 2. The molecule has 0 radical (unpaired) electrons. The Morgan fingerprint density at radius 1 is 0.500 bits per heavy atom. The molecule has 0 aromatic heterocycles. The Hall–Kier alpha value is -2.18. The van der Waals surface area contributed by atoms with Gasteiger partial charge in [0.1, 0.15) is 6.10 Å². The first kappa shape index (κ1) is 57.8. The van der Waals surface area contributed by atoms with E-state index in [0.717, 1.165) is 96.3 Å². The third kappa shape index (κ3) is 42.5. The molecule has 0 aliphatic carbocycles. The number of nitrogens with one attached hydrogen (secondary N) is 1. The van der Waals surface area contributed by atoms with Crippen LogP contribution < -0.4 is 5.32 Å². The molecule has 0 aromatic rings. The Morgan fingerprint density at radius 3 is 1.40 bits per heavy atom. The van der Waals surface area contributed by atoms with E-state index < -0.39 is 18.2 Å². The molecule has 6 nitrogen and oxygen atoms in total. The summed E-state index contributed by atoms with van der Waals surface area (Å²) in [7, 11) is 0. The number of allylic oxidation sites excluding steroid dienone is 8. The van der Waals surface area contributed by atoms with Crippen molar-refractivity contribution >= 4 is 11.9 Å². The van der Waals surface area contributed by atoms with Crippen molar-refractivity contribution in [1.29, 1.82) is 0 Å². The van der Waals surface area contributed by atoms with Gasteiger partial charge in [0.2, 0.25) is 5.91 Å². The average Bonchev–Trinajstić information content (AvgIpc) is 3.24. The van der Waals surface area contributed by atoms with Crippen molar-refractivity contribution in [1.82, 2.24) is 5.32 Å². The van der Waals surface area contributed by atoms with Crippen LogP contribution in [0.3, 0.4) is 0 Å². The fourth-order valence-electron chi connectivity index (χ4n) is 7.73. The maximum Gasteiger partial charge on any atom is 0.306 e. The van der Waals surface area contributed by atoms with Gasteiger partial charge in [0, 0.05) is 6.42 Å². The zero-order valence-corrected chi connectivity index (χ0v) is 39.8. The van der Waals surface area contributed by atoms with Crippen LogP contribution in [-0.2, 0) is 14.3 Å². The van der Waals surface area contributed by atoms with E-state index in [9.17, 15) is 19.8 Å². The minimum Gasteiger partial charge on any atom is -0.462 e. The average molecular weight is 842 g/mol. The third-order valence-electron chi connectivity index (χ3n) is 11.6. The second-order valence-corrected chi connectivity index (χ2v) is 17.5. The topological polar surface area (TPSA) is 95.9 Å². The lowest BCUT2D eigenvalue weighted by atomic mass is 10.0. The lowest BCUT2D eigenvalue weighted by Crippen LogP contribution is -2.46. The van der Waals surface area contributed by atoms with E-state index >= 15 is 0 Å². The Labute approximate surface area is 372 Å². The van der Waals surface area contributed by atoms with Crippen LogP contribution in [0.25, 0.3) is 0 Å². The monoisotopic (exact) mass is 842 g/mol. The molecule has 0 bridgehead atoms. The molecule has 3 atom stereocenters. The number of esters is 1. The first-order chi connectivity index (χ1) is 29.5. The lowest BCUT2D eigenvalue weighted by molar-refractivity contribution is -0.151. The number of unbranched alkanes of at least 4 members (excludes halogenated alkanes) is 26. The van der Waals surface area contributed by atoms with Crippen molar-refractivity contribution in [2.75, 3.05) is 6.61 Å². The van der Waals surface area contributed by atoms with Gasteiger partial charge in [-0.15, -0.1) is 0 Å². The summed E-state index contributed by atoms with van der Waals surface area (Å²) >= 11 is 0. The zero-order valence-electron chi connectivity index (χ0n) is 39.8. The zero-order chi connectivity index (χ0) is 43.8. The number of aliphatic hydroxyl groups is 2. The van der Waals surface area contributed by atoms with Gasteiger partial charge in [-0.2, -0.15) is 0 Å². The van der Waals surface area contributed by atoms with Crippen molar-refractivity contribution in [3.8, 4) is 0 Å².